The van der Waals surface area contributed by atoms with E-state index in [4.69, 9.17) is 5.73 Å². The van der Waals surface area contributed by atoms with Crippen molar-refractivity contribution in [3.05, 3.63) is 30.1 Å². The van der Waals surface area contributed by atoms with E-state index < -0.39 is 5.82 Å². The number of para-hydroxylation sites is 1. The molecule has 1 aromatic carbocycles. The first-order valence-corrected chi connectivity index (χ1v) is 6.09. The van der Waals surface area contributed by atoms with Gasteiger partial charge in [-0.3, -0.25) is 4.90 Å². The van der Waals surface area contributed by atoms with Gasteiger partial charge in [-0.25, -0.2) is 9.18 Å². The average Bonchev–Trinajstić information content (AvgIpc) is 2.31. The summed E-state index contributed by atoms with van der Waals surface area (Å²) in [6, 6.07) is 5.93. The maximum atomic E-state index is 13.7. The van der Waals surface area contributed by atoms with Crippen molar-refractivity contribution in [3.8, 4) is 0 Å². The maximum absolute atomic E-state index is 13.7. The van der Waals surface area contributed by atoms with Gasteiger partial charge in [0.05, 0.1) is 5.69 Å². The highest BCUT2D eigenvalue weighted by atomic mass is 19.1. The number of hydrogen-bond acceptors (Lipinski definition) is 2. The summed E-state index contributed by atoms with van der Waals surface area (Å²) in [5, 5.41) is 2.76. The highest BCUT2D eigenvalue weighted by Crippen LogP contribution is 2.19. The molecule has 0 fully saturated rings. The van der Waals surface area contributed by atoms with Crippen LogP contribution in [0.15, 0.2) is 24.3 Å². The largest absolute Gasteiger partial charge is 0.336 e. The van der Waals surface area contributed by atoms with Crippen molar-refractivity contribution in [1.82, 2.24) is 5.32 Å². The van der Waals surface area contributed by atoms with Crippen LogP contribution in [-0.2, 0) is 0 Å². The topological polar surface area (TPSA) is 58.4 Å². The van der Waals surface area contributed by atoms with Crippen LogP contribution in [0.3, 0.4) is 0 Å². The molecule has 100 valence electrons. The molecule has 3 N–H and O–H groups in total. The molecular formula is C13H20FN3O. The van der Waals surface area contributed by atoms with Crippen molar-refractivity contribution in [2.24, 2.45) is 5.73 Å². The van der Waals surface area contributed by atoms with E-state index in [-0.39, 0.29) is 17.8 Å². The zero-order valence-electron chi connectivity index (χ0n) is 10.8. The van der Waals surface area contributed by atoms with Gasteiger partial charge in [-0.1, -0.05) is 12.1 Å². The molecule has 0 atom stereocenters. The van der Waals surface area contributed by atoms with Crippen LogP contribution in [-0.4, -0.2) is 25.2 Å². The number of nitrogens with zero attached hydrogens (tertiary/aromatic N) is 1. The standard InChI is InChI=1S/C13H20FN3O/c1-10(2)16-13(18)17(9-5-8-15)12-7-4-3-6-11(12)14/h3-4,6-7,10H,5,8-9,15H2,1-2H3,(H,16,18). The van der Waals surface area contributed by atoms with Crippen molar-refractivity contribution < 1.29 is 9.18 Å². The predicted molar refractivity (Wildman–Crippen MR) is 71.1 cm³/mol. The van der Waals surface area contributed by atoms with Crippen LogP contribution in [0.2, 0.25) is 0 Å². The molecule has 0 unspecified atom stereocenters. The van der Waals surface area contributed by atoms with Gasteiger partial charge in [-0.05, 0) is 38.9 Å². The van der Waals surface area contributed by atoms with Crippen molar-refractivity contribution in [2.75, 3.05) is 18.0 Å². The SMILES string of the molecule is CC(C)NC(=O)N(CCCN)c1ccccc1F. The Bertz CT molecular complexity index is 396. The van der Waals surface area contributed by atoms with Crippen LogP contribution in [0.5, 0.6) is 0 Å². The fourth-order valence-electron chi connectivity index (χ4n) is 1.58. The van der Waals surface area contributed by atoms with Crippen LogP contribution in [0, 0.1) is 5.82 Å². The Balaban J connectivity index is 2.90. The lowest BCUT2D eigenvalue weighted by Gasteiger charge is -2.24. The van der Waals surface area contributed by atoms with E-state index in [2.05, 4.69) is 5.32 Å². The second-order valence-electron chi connectivity index (χ2n) is 4.35. The van der Waals surface area contributed by atoms with Crippen molar-refractivity contribution in [1.29, 1.82) is 0 Å². The Morgan fingerprint density at radius 1 is 1.44 bits per heavy atom. The van der Waals surface area contributed by atoms with Crippen LogP contribution in [0.25, 0.3) is 0 Å². The predicted octanol–water partition coefficient (Wildman–Crippen LogP) is 2.10. The number of halogens is 1. The Kier molecular flexibility index (Phi) is 5.58. The number of nitrogens with one attached hydrogen (secondary N) is 1. The van der Waals surface area contributed by atoms with Crippen molar-refractivity contribution >= 4 is 11.7 Å². The van der Waals surface area contributed by atoms with Crippen molar-refractivity contribution in [3.63, 3.8) is 0 Å². The van der Waals surface area contributed by atoms with Gasteiger partial charge in [0.2, 0.25) is 0 Å². The minimum absolute atomic E-state index is 0.00431. The highest BCUT2D eigenvalue weighted by molar-refractivity contribution is 5.92. The lowest BCUT2D eigenvalue weighted by Crippen LogP contribution is -2.44. The van der Waals surface area contributed by atoms with E-state index in [1.807, 2.05) is 13.8 Å². The van der Waals surface area contributed by atoms with E-state index in [0.29, 0.717) is 19.5 Å². The molecule has 0 saturated heterocycles. The fourth-order valence-corrected chi connectivity index (χ4v) is 1.58. The van der Waals surface area contributed by atoms with Gasteiger partial charge >= 0.3 is 6.03 Å². The number of rotatable bonds is 5. The first kappa shape index (κ1) is 14.4. The van der Waals surface area contributed by atoms with Gasteiger partial charge in [0.15, 0.2) is 0 Å². The molecule has 5 heteroatoms. The molecule has 0 aliphatic rings. The first-order chi connectivity index (χ1) is 8.56. The minimum atomic E-state index is -0.409. The molecule has 2 amide bonds. The summed E-state index contributed by atoms with van der Waals surface area (Å²) in [4.78, 5) is 13.4. The summed E-state index contributed by atoms with van der Waals surface area (Å²) in [5.74, 6) is -0.409. The molecule has 1 rings (SSSR count). The van der Waals surface area contributed by atoms with Gasteiger partial charge in [0, 0.05) is 12.6 Å². The van der Waals surface area contributed by atoms with Crippen LogP contribution in [0.1, 0.15) is 20.3 Å². The van der Waals surface area contributed by atoms with E-state index in [1.165, 1.54) is 11.0 Å². The number of anilines is 1. The maximum Gasteiger partial charge on any atom is 0.322 e. The molecular weight excluding hydrogens is 233 g/mol. The third-order valence-corrected chi connectivity index (χ3v) is 2.39. The fraction of sp³-hybridized carbons (Fsp3) is 0.462. The smallest absolute Gasteiger partial charge is 0.322 e. The van der Waals surface area contributed by atoms with Gasteiger partial charge in [-0.2, -0.15) is 0 Å². The molecule has 1 aromatic rings. The molecule has 0 aliphatic carbocycles. The molecule has 0 aromatic heterocycles. The molecule has 4 nitrogen and oxygen atoms in total. The number of carbonyl (C=O) groups is 1. The van der Waals surface area contributed by atoms with Gasteiger partial charge < -0.3 is 11.1 Å². The zero-order valence-corrected chi connectivity index (χ0v) is 10.8. The third-order valence-electron chi connectivity index (χ3n) is 2.39. The van der Waals surface area contributed by atoms with E-state index in [9.17, 15) is 9.18 Å². The Hall–Kier alpha value is -1.62. The molecule has 18 heavy (non-hydrogen) atoms. The lowest BCUT2D eigenvalue weighted by molar-refractivity contribution is 0.243. The number of benzene rings is 1. The Morgan fingerprint density at radius 2 is 2.11 bits per heavy atom. The monoisotopic (exact) mass is 253 g/mol. The second kappa shape index (κ2) is 6.96. The van der Waals surface area contributed by atoms with Gasteiger partial charge in [-0.15, -0.1) is 0 Å². The minimum Gasteiger partial charge on any atom is -0.336 e. The van der Waals surface area contributed by atoms with Crippen LogP contribution < -0.4 is 16.0 Å². The molecule has 0 spiro atoms. The first-order valence-electron chi connectivity index (χ1n) is 6.09. The summed E-state index contributed by atoms with van der Waals surface area (Å²) in [6.45, 7) is 4.58. The molecule has 0 radical (unpaired) electrons. The van der Waals surface area contributed by atoms with Crippen LogP contribution in [0.4, 0.5) is 14.9 Å². The number of carbonyl (C=O) groups excluding carboxylic acids is 1. The Labute approximate surface area is 107 Å². The summed E-state index contributed by atoms with van der Waals surface area (Å²) in [5.41, 5.74) is 5.72. The zero-order chi connectivity index (χ0) is 13.5. The molecule has 0 saturated carbocycles. The lowest BCUT2D eigenvalue weighted by atomic mass is 10.2. The quantitative estimate of drug-likeness (QED) is 0.844. The third kappa shape index (κ3) is 4.00. The van der Waals surface area contributed by atoms with Gasteiger partial charge in [0.25, 0.3) is 0 Å². The average molecular weight is 253 g/mol. The van der Waals surface area contributed by atoms with Gasteiger partial charge in [0.1, 0.15) is 5.82 Å². The Morgan fingerprint density at radius 3 is 2.67 bits per heavy atom. The van der Waals surface area contributed by atoms with Crippen molar-refractivity contribution in [2.45, 2.75) is 26.3 Å². The second-order valence-corrected chi connectivity index (χ2v) is 4.35. The highest BCUT2D eigenvalue weighted by Gasteiger charge is 2.18. The van der Waals surface area contributed by atoms with E-state index >= 15 is 0 Å². The number of hydrogen-bond donors (Lipinski definition) is 2. The van der Waals surface area contributed by atoms with E-state index in [0.717, 1.165) is 0 Å². The number of urea groups is 1. The molecule has 0 heterocycles. The number of amides is 2. The number of nitrogens with two attached hydrogens (primary N) is 1. The summed E-state index contributed by atoms with van der Waals surface area (Å²) in [6.07, 6.45) is 0.625. The van der Waals surface area contributed by atoms with Crippen LogP contribution >= 0.6 is 0 Å². The summed E-state index contributed by atoms with van der Waals surface area (Å²) < 4.78 is 13.7. The van der Waals surface area contributed by atoms with E-state index in [1.54, 1.807) is 18.2 Å². The summed E-state index contributed by atoms with van der Waals surface area (Å²) in [7, 11) is 0. The summed E-state index contributed by atoms with van der Waals surface area (Å²) >= 11 is 0. The normalized spacial score (nSPS) is 10.5. The molecule has 0 aliphatic heterocycles. The molecule has 0 bridgehead atoms.